The van der Waals surface area contributed by atoms with Crippen LogP contribution in [0.5, 0.6) is 5.75 Å². The number of aliphatic carboxylic acids is 1. The Labute approximate surface area is 193 Å². The number of carboxylic acid groups (broad SMARTS) is 1. The number of hydrogen-bond acceptors (Lipinski definition) is 4. The number of nitrogens with one attached hydrogen (secondary N) is 1. The number of unbranched alkanes of at least 4 members (excludes halogenated alkanes) is 1. The van der Waals surface area contributed by atoms with Crippen molar-refractivity contribution < 1.29 is 19.4 Å². The fourth-order valence-corrected chi connectivity index (χ4v) is 6.59. The van der Waals surface area contributed by atoms with Gasteiger partial charge in [-0.3, -0.25) is 9.59 Å². The summed E-state index contributed by atoms with van der Waals surface area (Å²) in [5.74, 6) is 1.66. The number of fused-ring (bicyclic) bond motifs is 3. The van der Waals surface area contributed by atoms with E-state index in [0.717, 1.165) is 46.6 Å². The number of methoxy groups -OCH3 is 1. The summed E-state index contributed by atoms with van der Waals surface area (Å²) in [4.78, 5) is 24.0. The van der Waals surface area contributed by atoms with Crippen LogP contribution in [0.3, 0.4) is 0 Å². The second kappa shape index (κ2) is 9.26. The maximum absolute atomic E-state index is 13.4. The van der Waals surface area contributed by atoms with Crippen LogP contribution in [-0.2, 0) is 4.79 Å². The van der Waals surface area contributed by atoms with Crippen LogP contribution in [0.25, 0.3) is 10.1 Å². The molecule has 0 aliphatic heterocycles. The van der Waals surface area contributed by atoms with Crippen molar-refractivity contribution in [2.45, 2.75) is 58.4 Å². The number of carboxylic acids is 1. The van der Waals surface area contributed by atoms with E-state index in [-0.39, 0.29) is 23.8 Å². The molecule has 3 saturated carbocycles. The minimum atomic E-state index is -0.741. The Balaban J connectivity index is 1.47. The third-order valence-electron chi connectivity index (χ3n) is 7.76. The Kier molecular flexibility index (Phi) is 6.61. The van der Waals surface area contributed by atoms with E-state index in [0.29, 0.717) is 18.3 Å². The normalized spacial score (nSPS) is 26.1. The lowest BCUT2D eigenvalue weighted by atomic mass is 9.44. The van der Waals surface area contributed by atoms with Crippen LogP contribution in [-0.4, -0.2) is 30.1 Å². The second-order valence-electron chi connectivity index (χ2n) is 9.86. The van der Waals surface area contributed by atoms with Gasteiger partial charge < -0.3 is 15.2 Å². The van der Waals surface area contributed by atoms with Crippen LogP contribution in [0, 0.1) is 23.2 Å². The maximum Gasteiger partial charge on any atom is 0.303 e. The highest BCUT2D eigenvalue weighted by atomic mass is 32.1. The number of amides is 1. The lowest BCUT2D eigenvalue weighted by molar-refractivity contribution is -0.137. The van der Waals surface area contributed by atoms with Crippen molar-refractivity contribution in [2.75, 3.05) is 7.11 Å². The van der Waals surface area contributed by atoms with Crippen LogP contribution in [0.4, 0.5) is 0 Å². The predicted octanol–water partition coefficient (Wildman–Crippen LogP) is 5.89. The van der Waals surface area contributed by atoms with Crippen molar-refractivity contribution in [1.29, 1.82) is 0 Å². The molecule has 1 aromatic heterocycles. The first-order chi connectivity index (χ1) is 15.3. The number of ether oxygens (including phenoxy) is 1. The van der Waals surface area contributed by atoms with Gasteiger partial charge in [0.15, 0.2) is 0 Å². The zero-order valence-electron chi connectivity index (χ0n) is 19.1. The summed E-state index contributed by atoms with van der Waals surface area (Å²) >= 11 is 1.59. The van der Waals surface area contributed by atoms with E-state index in [1.165, 1.54) is 6.42 Å². The van der Waals surface area contributed by atoms with Crippen molar-refractivity contribution in [3.05, 3.63) is 41.3 Å². The van der Waals surface area contributed by atoms with Gasteiger partial charge in [0, 0.05) is 27.9 Å². The maximum atomic E-state index is 13.4. The van der Waals surface area contributed by atoms with E-state index in [2.05, 4.69) is 31.3 Å². The molecule has 0 radical (unpaired) electrons. The molecule has 0 saturated heterocycles. The summed E-state index contributed by atoms with van der Waals surface area (Å²) in [6, 6.07) is 6.04. The smallest absolute Gasteiger partial charge is 0.303 e. The Hall–Kier alpha value is -2.34. The molecular formula is C26H33NO4S. The number of thiophene rings is 1. The molecule has 3 fully saturated rings. The van der Waals surface area contributed by atoms with E-state index >= 15 is 0 Å². The summed E-state index contributed by atoms with van der Waals surface area (Å²) in [6.45, 7) is 4.68. The van der Waals surface area contributed by atoms with Crippen molar-refractivity contribution in [3.8, 4) is 5.75 Å². The molecule has 5 nitrogen and oxygen atoms in total. The molecule has 2 bridgehead atoms. The fraction of sp³-hybridized carbons (Fsp3) is 0.538. The number of carbonyl (C=O) groups excluding carboxylic acids is 1. The molecule has 1 aromatic carbocycles. The van der Waals surface area contributed by atoms with E-state index in [4.69, 9.17) is 9.84 Å². The summed E-state index contributed by atoms with van der Waals surface area (Å²) < 4.78 is 6.45. The Morgan fingerprint density at radius 2 is 2.09 bits per heavy atom. The van der Waals surface area contributed by atoms with Gasteiger partial charge in [-0.2, -0.15) is 0 Å². The highest BCUT2D eigenvalue weighted by molar-refractivity contribution is 7.17. The first-order valence-electron chi connectivity index (χ1n) is 11.5. The van der Waals surface area contributed by atoms with Gasteiger partial charge >= 0.3 is 5.97 Å². The summed E-state index contributed by atoms with van der Waals surface area (Å²) in [6.07, 6.45) is 9.21. The van der Waals surface area contributed by atoms with Gasteiger partial charge in [0.25, 0.3) is 5.91 Å². The van der Waals surface area contributed by atoms with Crippen molar-refractivity contribution in [1.82, 2.24) is 5.32 Å². The average molecular weight is 456 g/mol. The standard InChI is InChI=1S/C26H33NO4S/c1-26(2)17-12-16(8-6-4-5-7-9-23(28)29)24(21(26)13-17)27-25(30)20-15-32-22-11-10-18(31-3)14-19(20)22/h4,6,10-11,14-17,21,24H,5,7-9,12-13H2,1-3H3,(H,27,30)(H,28,29)/t16-,17+,21+,24?/m1/s1. The van der Waals surface area contributed by atoms with Gasteiger partial charge in [-0.05, 0) is 73.5 Å². The van der Waals surface area contributed by atoms with Gasteiger partial charge in [-0.25, -0.2) is 0 Å². The molecule has 172 valence electrons. The molecule has 3 aliphatic rings. The number of allylic oxidation sites excluding steroid dienone is 2. The topological polar surface area (TPSA) is 75.6 Å². The lowest BCUT2D eigenvalue weighted by Gasteiger charge is -2.62. The third-order valence-corrected chi connectivity index (χ3v) is 8.73. The monoisotopic (exact) mass is 455 g/mol. The summed E-state index contributed by atoms with van der Waals surface area (Å²) in [5.41, 5.74) is 0.991. The largest absolute Gasteiger partial charge is 0.497 e. The molecule has 6 heteroatoms. The molecule has 1 heterocycles. The van der Waals surface area contributed by atoms with Gasteiger partial charge in [0.1, 0.15) is 5.75 Å². The highest BCUT2D eigenvalue weighted by Gasteiger charge is 2.57. The lowest BCUT2D eigenvalue weighted by Crippen LogP contribution is -2.63. The van der Waals surface area contributed by atoms with Crippen LogP contribution >= 0.6 is 11.3 Å². The van der Waals surface area contributed by atoms with Gasteiger partial charge in [-0.15, -0.1) is 11.3 Å². The van der Waals surface area contributed by atoms with Gasteiger partial charge in [0.2, 0.25) is 0 Å². The minimum absolute atomic E-state index is 0.00564. The predicted molar refractivity (Wildman–Crippen MR) is 128 cm³/mol. The van der Waals surface area contributed by atoms with Gasteiger partial charge in [0.05, 0.1) is 12.7 Å². The minimum Gasteiger partial charge on any atom is -0.497 e. The van der Waals surface area contributed by atoms with Crippen LogP contribution in [0.2, 0.25) is 0 Å². The quantitative estimate of drug-likeness (QED) is 0.365. The Morgan fingerprint density at radius 1 is 1.28 bits per heavy atom. The van der Waals surface area contributed by atoms with E-state index in [9.17, 15) is 9.59 Å². The number of carbonyl (C=O) groups is 2. The third kappa shape index (κ3) is 4.42. The molecule has 0 spiro atoms. The van der Waals surface area contributed by atoms with E-state index in [1.54, 1.807) is 18.4 Å². The first kappa shape index (κ1) is 22.8. The van der Waals surface area contributed by atoms with Gasteiger partial charge in [-0.1, -0.05) is 26.0 Å². The Morgan fingerprint density at radius 3 is 2.81 bits per heavy atom. The molecule has 2 N–H and O–H groups in total. The molecule has 32 heavy (non-hydrogen) atoms. The SMILES string of the molecule is COc1ccc2scc(C(=O)NC3[C@H](CC=CCCCC(=O)O)C[C@H]4C[C@@H]3C4(C)C)c2c1. The molecule has 2 aromatic rings. The van der Waals surface area contributed by atoms with Crippen LogP contribution in [0.1, 0.15) is 62.7 Å². The Bertz CT molecular complexity index is 1020. The number of benzene rings is 1. The fourth-order valence-electron chi connectivity index (χ4n) is 5.67. The molecule has 1 unspecified atom stereocenters. The number of rotatable bonds is 9. The molecule has 3 aliphatic carbocycles. The van der Waals surface area contributed by atoms with Crippen molar-refractivity contribution in [3.63, 3.8) is 0 Å². The highest BCUT2D eigenvalue weighted by Crippen LogP contribution is 2.61. The number of hydrogen-bond donors (Lipinski definition) is 2. The van der Waals surface area contributed by atoms with Crippen molar-refractivity contribution >= 4 is 33.3 Å². The average Bonchev–Trinajstić information content (AvgIpc) is 3.19. The first-order valence-corrected chi connectivity index (χ1v) is 12.4. The summed E-state index contributed by atoms with van der Waals surface area (Å²) in [7, 11) is 1.64. The van der Waals surface area contributed by atoms with Crippen molar-refractivity contribution in [2.24, 2.45) is 23.2 Å². The molecule has 5 rings (SSSR count). The molecule has 1 amide bonds. The van der Waals surface area contributed by atoms with E-state index < -0.39 is 5.97 Å². The van der Waals surface area contributed by atoms with Crippen LogP contribution in [0.15, 0.2) is 35.7 Å². The van der Waals surface area contributed by atoms with E-state index in [1.807, 2.05) is 23.6 Å². The second-order valence-corrected chi connectivity index (χ2v) is 10.8. The van der Waals surface area contributed by atoms with Crippen LogP contribution < -0.4 is 10.1 Å². The summed E-state index contributed by atoms with van der Waals surface area (Å²) in [5, 5.41) is 15.1. The molecule has 4 atom stereocenters. The molecular weight excluding hydrogens is 422 g/mol. The zero-order valence-corrected chi connectivity index (χ0v) is 19.9. The zero-order chi connectivity index (χ0) is 22.9.